The first-order valence-corrected chi connectivity index (χ1v) is 9.35. The van der Waals surface area contributed by atoms with Crippen molar-refractivity contribution in [2.75, 3.05) is 18.4 Å². The van der Waals surface area contributed by atoms with Gasteiger partial charge in [0, 0.05) is 18.7 Å². The summed E-state index contributed by atoms with van der Waals surface area (Å²) in [5.41, 5.74) is 1.23. The maximum absolute atomic E-state index is 12.8. The topological polar surface area (TPSA) is 103 Å². The molecule has 2 aromatic carbocycles. The number of alkyl halides is 3. The minimum atomic E-state index is -5.01. The summed E-state index contributed by atoms with van der Waals surface area (Å²) in [5.74, 6) is -0.931. The third-order valence-corrected chi connectivity index (χ3v) is 4.99. The smallest absolute Gasteiger partial charge is 0.465 e. The quantitative estimate of drug-likeness (QED) is 0.736. The summed E-state index contributed by atoms with van der Waals surface area (Å²) in [5, 5.41) is 19.6. The predicted octanol–water partition coefficient (Wildman–Crippen LogP) is 4.57. The zero-order valence-corrected chi connectivity index (χ0v) is 16.1. The number of carbonyl (C=O) groups is 2. The zero-order valence-electron chi connectivity index (χ0n) is 16.1. The maximum atomic E-state index is 12.8. The molecule has 2 aromatic rings. The monoisotopic (exact) mass is 433 g/mol. The van der Waals surface area contributed by atoms with Gasteiger partial charge in [0.1, 0.15) is 0 Å². The van der Waals surface area contributed by atoms with Crippen molar-refractivity contribution in [1.29, 1.82) is 5.26 Å². The van der Waals surface area contributed by atoms with E-state index < -0.39 is 29.8 Å². The number of nitrogens with one attached hydrogen (secondary N) is 1. The van der Waals surface area contributed by atoms with Crippen LogP contribution in [0.25, 0.3) is 0 Å². The molecule has 0 atom stereocenters. The lowest BCUT2D eigenvalue weighted by Gasteiger charge is -2.32. The number of rotatable bonds is 4. The van der Waals surface area contributed by atoms with Crippen LogP contribution in [-0.4, -0.2) is 41.5 Å². The van der Waals surface area contributed by atoms with Crippen molar-refractivity contribution in [2.24, 2.45) is 0 Å². The van der Waals surface area contributed by atoms with Gasteiger partial charge in [0.05, 0.1) is 17.3 Å². The van der Waals surface area contributed by atoms with Crippen molar-refractivity contribution in [3.8, 4) is 11.8 Å². The molecular formula is C21H18F3N3O4. The Hall–Kier alpha value is -3.74. The van der Waals surface area contributed by atoms with Gasteiger partial charge in [0.25, 0.3) is 5.91 Å². The first kappa shape index (κ1) is 22.0. The molecule has 0 spiro atoms. The second-order valence-corrected chi connectivity index (χ2v) is 6.99. The van der Waals surface area contributed by atoms with Crippen molar-refractivity contribution in [2.45, 2.75) is 25.1 Å². The lowest BCUT2D eigenvalue weighted by atomic mass is 9.89. The van der Waals surface area contributed by atoms with Gasteiger partial charge in [0.2, 0.25) is 0 Å². The number of hydrogen-bond donors (Lipinski definition) is 2. The summed E-state index contributed by atoms with van der Waals surface area (Å²) < 4.78 is 41.4. The minimum absolute atomic E-state index is 0.0510. The summed E-state index contributed by atoms with van der Waals surface area (Å²) in [6.45, 7) is 0.873. The Balaban J connectivity index is 1.71. The van der Waals surface area contributed by atoms with Crippen LogP contribution in [0.1, 0.15) is 40.2 Å². The number of amides is 2. The fourth-order valence-electron chi connectivity index (χ4n) is 3.52. The third kappa shape index (κ3) is 5.66. The number of anilines is 1. The standard InChI is InChI=1S/C21H18F3N3O4/c22-21(23,24)31-18-6-5-16(11-17(18)26-20(29)30)19(28)27-9-7-15(8-10-27)14-3-1-13(12-25)2-4-14/h1-6,11,15,26H,7-10H2,(H,29,30). The lowest BCUT2D eigenvalue weighted by Crippen LogP contribution is -2.38. The summed E-state index contributed by atoms with van der Waals surface area (Å²) in [6.07, 6.45) is -5.21. The number of carboxylic acid groups (broad SMARTS) is 1. The highest BCUT2D eigenvalue weighted by molar-refractivity contribution is 5.97. The Bertz CT molecular complexity index is 1010. The van der Waals surface area contributed by atoms with E-state index in [-0.39, 0.29) is 11.5 Å². The van der Waals surface area contributed by atoms with E-state index in [1.807, 2.05) is 17.4 Å². The van der Waals surface area contributed by atoms with E-state index in [0.29, 0.717) is 31.5 Å². The summed E-state index contributed by atoms with van der Waals surface area (Å²) in [4.78, 5) is 25.3. The molecule has 1 saturated heterocycles. The minimum Gasteiger partial charge on any atom is -0.465 e. The van der Waals surface area contributed by atoms with Crippen LogP contribution in [0.5, 0.6) is 5.75 Å². The van der Waals surface area contributed by atoms with Gasteiger partial charge in [0.15, 0.2) is 5.75 Å². The van der Waals surface area contributed by atoms with Gasteiger partial charge in [-0.1, -0.05) is 12.1 Å². The number of likely N-dealkylation sites (tertiary alicyclic amines) is 1. The van der Waals surface area contributed by atoms with Crippen LogP contribution in [-0.2, 0) is 0 Å². The molecule has 1 heterocycles. The van der Waals surface area contributed by atoms with Gasteiger partial charge in [-0.25, -0.2) is 4.79 Å². The van der Waals surface area contributed by atoms with Gasteiger partial charge in [-0.3, -0.25) is 10.1 Å². The average molecular weight is 433 g/mol. The fraction of sp³-hybridized carbons (Fsp3) is 0.286. The van der Waals surface area contributed by atoms with E-state index in [4.69, 9.17) is 10.4 Å². The summed E-state index contributed by atoms with van der Waals surface area (Å²) in [7, 11) is 0. The molecule has 2 amide bonds. The number of nitrogens with zero attached hydrogens (tertiary/aromatic N) is 2. The van der Waals surface area contributed by atoms with Gasteiger partial charge >= 0.3 is 12.5 Å². The first-order valence-electron chi connectivity index (χ1n) is 9.35. The Labute approximate surface area is 175 Å². The van der Waals surface area contributed by atoms with Crippen LogP contribution in [0.15, 0.2) is 42.5 Å². The van der Waals surface area contributed by atoms with Crippen molar-refractivity contribution in [3.63, 3.8) is 0 Å². The molecule has 3 rings (SSSR count). The van der Waals surface area contributed by atoms with E-state index in [9.17, 15) is 22.8 Å². The Morgan fingerprint density at radius 1 is 1.13 bits per heavy atom. The molecule has 0 bridgehead atoms. The predicted molar refractivity (Wildman–Crippen MR) is 104 cm³/mol. The molecule has 0 radical (unpaired) electrons. The molecule has 1 fully saturated rings. The van der Waals surface area contributed by atoms with Gasteiger partial charge in [-0.05, 0) is 54.7 Å². The highest BCUT2D eigenvalue weighted by Gasteiger charge is 2.33. The Morgan fingerprint density at radius 3 is 2.32 bits per heavy atom. The van der Waals surface area contributed by atoms with Crippen molar-refractivity contribution >= 4 is 17.7 Å². The first-order chi connectivity index (χ1) is 14.7. The average Bonchev–Trinajstić information content (AvgIpc) is 2.73. The Kier molecular flexibility index (Phi) is 6.34. The van der Waals surface area contributed by atoms with Crippen LogP contribution in [0.3, 0.4) is 0 Å². The lowest BCUT2D eigenvalue weighted by molar-refractivity contribution is -0.274. The second kappa shape index (κ2) is 8.95. The van der Waals surface area contributed by atoms with Crippen LogP contribution >= 0.6 is 0 Å². The highest BCUT2D eigenvalue weighted by Crippen LogP contribution is 2.33. The van der Waals surface area contributed by atoms with E-state index in [2.05, 4.69) is 10.8 Å². The molecular weight excluding hydrogens is 415 g/mol. The normalized spacial score (nSPS) is 14.6. The SMILES string of the molecule is N#Cc1ccc(C2CCN(C(=O)c3ccc(OC(F)(F)F)c(NC(=O)O)c3)CC2)cc1. The van der Waals surface area contributed by atoms with Crippen LogP contribution < -0.4 is 10.1 Å². The molecule has 0 saturated carbocycles. The number of benzene rings is 2. The van der Waals surface area contributed by atoms with Crippen molar-refractivity contribution in [3.05, 3.63) is 59.2 Å². The molecule has 162 valence electrons. The van der Waals surface area contributed by atoms with Crippen molar-refractivity contribution < 1.29 is 32.6 Å². The largest absolute Gasteiger partial charge is 0.573 e. The van der Waals surface area contributed by atoms with Gasteiger partial charge in [-0.15, -0.1) is 13.2 Å². The molecule has 0 aromatic heterocycles. The molecule has 7 nitrogen and oxygen atoms in total. The number of ether oxygens (including phenoxy) is 1. The third-order valence-electron chi connectivity index (χ3n) is 4.99. The molecule has 0 unspecified atom stereocenters. The summed E-state index contributed by atoms with van der Waals surface area (Å²) >= 11 is 0. The number of piperidine rings is 1. The molecule has 10 heteroatoms. The van der Waals surface area contributed by atoms with Crippen LogP contribution in [0, 0.1) is 11.3 Å². The van der Waals surface area contributed by atoms with E-state index >= 15 is 0 Å². The molecule has 1 aliphatic rings. The molecule has 0 aliphatic carbocycles. The second-order valence-electron chi connectivity index (χ2n) is 6.99. The van der Waals surface area contributed by atoms with E-state index in [1.54, 1.807) is 17.0 Å². The number of carbonyl (C=O) groups excluding carboxylic acids is 1. The van der Waals surface area contributed by atoms with Crippen molar-refractivity contribution in [1.82, 2.24) is 4.90 Å². The van der Waals surface area contributed by atoms with E-state index in [1.165, 1.54) is 6.07 Å². The zero-order chi connectivity index (χ0) is 22.6. The molecule has 1 aliphatic heterocycles. The highest BCUT2D eigenvalue weighted by atomic mass is 19.4. The van der Waals surface area contributed by atoms with Crippen LogP contribution in [0.2, 0.25) is 0 Å². The van der Waals surface area contributed by atoms with Crippen LogP contribution in [0.4, 0.5) is 23.7 Å². The van der Waals surface area contributed by atoms with E-state index in [0.717, 1.165) is 17.7 Å². The maximum Gasteiger partial charge on any atom is 0.573 e. The number of hydrogen-bond acceptors (Lipinski definition) is 4. The fourth-order valence-corrected chi connectivity index (χ4v) is 3.52. The molecule has 31 heavy (non-hydrogen) atoms. The van der Waals surface area contributed by atoms with Gasteiger partial charge < -0.3 is 14.7 Å². The molecule has 2 N–H and O–H groups in total. The van der Waals surface area contributed by atoms with Gasteiger partial charge in [-0.2, -0.15) is 5.26 Å². The summed E-state index contributed by atoms with van der Waals surface area (Å²) in [6, 6.07) is 12.5. The Morgan fingerprint density at radius 2 is 1.77 bits per heavy atom. The number of nitriles is 1. The number of halogens is 3.